The predicted molar refractivity (Wildman–Crippen MR) is 97.8 cm³/mol. The first kappa shape index (κ1) is 17.5. The van der Waals surface area contributed by atoms with E-state index in [-0.39, 0.29) is 5.91 Å². The molecule has 6 heteroatoms. The molecule has 126 valence electrons. The Morgan fingerprint density at radius 1 is 1.21 bits per heavy atom. The Morgan fingerprint density at radius 3 is 2.54 bits per heavy atom. The van der Waals surface area contributed by atoms with Crippen molar-refractivity contribution in [2.24, 2.45) is 0 Å². The molecule has 1 aromatic carbocycles. The second kappa shape index (κ2) is 8.67. The highest BCUT2D eigenvalue weighted by Gasteiger charge is 2.08. The number of rotatable bonds is 8. The fourth-order valence-electron chi connectivity index (χ4n) is 2.30. The van der Waals surface area contributed by atoms with Gasteiger partial charge in [0.1, 0.15) is 17.8 Å². The summed E-state index contributed by atoms with van der Waals surface area (Å²) in [6.07, 6.45) is 2.99. The molecule has 0 fully saturated rings. The number of carbonyl (C=O) groups excluding carboxylic acids is 1. The van der Waals surface area contributed by atoms with Crippen LogP contribution in [0.25, 0.3) is 0 Å². The molecule has 0 radical (unpaired) electrons. The van der Waals surface area contributed by atoms with Gasteiger partial charge in [0.2, 0.25) is 0 Å². The van der Waals surface area contributed by atoms with Crippen molar-refractivity contribution in [1.29, 1.82) is 0 Å². The summed E-state index contributed by atoms with van der Waals surface area (Å²) in [5.41, 5.74) is 2.40. The standard InChI is InChI=1S/C18H23N5O/c1-4-11-19-18(24)16-12-17(21-13-20-16)22-14-7-9-15(10-8-14)23(5-2)6-3/h4,7-10,12-13H,1,5-6,11H2,2-3H3,(H,19,24)(H,20,21,22). The average molecular weight is 325 g/mol. The van der Waals surface area contributed by atoms with Gasteiger partial charge >= 0.3 is 0 Å². The fourth-order valence-corrected chi connectivity index (χ4v) is 2.30. The maximum absolute atomic E-state index is 11.9. The lowest BCUT2D eigenvalue weighted by Crippen LogP contribution is -2.24. The van der Waals surface area contributed by atoms with Crippen molar-refractivity contribution < 1.29 is 4.79 Å². The first-order valence-corrected chi connectivity index (χ1v) is 8.01. The fraction of sp³-hybridized carbons (Fsp3) is 0.278. The van der Waals surface area contributed by atoms with E-state index in [0.29, 0.717) is 18.1 Å². The van der Waals surface area contributed by atoms with Crippen LogP contribution in [0.5, 0.6) is 0 Å². The average Bonchev–Trinajstić information content (AvgIpc) is 2.62. The molecule has 1 amide bonds. The maximum atomic E-state index is 11.9. The first-order chi connectivity index (χ1) is 11.7. The van der Waals surface area contributed by atoms with Gasteiger partial charge in [0.15, 0.2) is 0 Å². The maximum Gasteiger partial charge on any atom is 0.270 e. The molecule has 0 aliphatic carbocycles. The number of amides is 1. The summed E-state index contributed by atoms with van der Waals surface area (Å²) in [7, 11) is 0. The Balaban J connectivity index is 2.08. The van der Waals surface area contributed by atoms with E-state index in [1.165, 1.54) is 12.0 Å². The lowest BCUT2D eigenvalue weighted by molar-refractivity contribution is 0.0953. The number of benzene rings is 1. The summed E-state index contributed by atoms with van der Waals surface area (Å²) in [5.74, 6) is 0.321. The van der Waals surface area contributed by atoms with E-state index in [1.54, 1.807) is 12.1 Å². The molecule has 0 saturated heterocycles. The van der Waals surface area contributed by atoms with E-state index >= 15 is 0 Å². The van der Waals surface area contributed by atoms with Crippen LogP contribution >= 0.6 is 0 Å². The van der Waals surface area contributed by atoms with Crippen LogP contribution in [0.15, 0.2) is 49.3 Å². The highest BCUT2D eigenvalue weighted by Crippen LogP contribution is 2.20. The zero-order chi connectivity index (χ0) is 17.4. The summed E-state index contributed by atoms with van der Waals surface area (Å²) < 4.78 is 0. The third kappa shape index (κ3) is 4.55. The quantitative estimate of drug-likeness (QED) is 0.730. The summed E-state index contributed by atoms with van der Waals surface area (Å²) in [4.78, 5) is 22.3. The van der Waals surface area contributed by atoms with E-state index in [0.717, 1.165) is 18.8 Å². The number of carbonyl (C=O) groups is 1. The van der Waals surface area contributed by atoms with Gasteiger partial charge in [-0.3, -0.25) is 4.79 Å². The van der Waals surface area contributed by atoms with Crippen LogP contribution in [-0.4, -0.2) is 35.5 Å². The van der Waals surface area contributed by atoms with Crippen LogP contribution in [-0.2, 0) is 0 Å². The van der Waals surface area contributed by atoms with Crippen LogP contribution in [0.3, 0.4) is 0 Å². The predicted octanol–water partition coefficient (Wildman–Crippen LogP) is 2.98. The highest BCUT2D eigenvalue weighted by molar-refractivity contribution is 5.93. The van der Waals surface area contributed by atoms with Crippen molar-refractivity contribution >= 4 is 23.1 Å². The molecule has 2 N–H and O–H groups in total. The number of nitrogens with one attached hydrogen (secondary N) is 2. The van der Waals surface area contributed by atoms with Crippen molar-refractivity contribution in [3.8, 4) is 0 Å². The van der Waals surface area contributed by atoms with Crippen molar-refractivity contribution in [2.45, 2.75) is 13.8 Å². The number of hydrogen-bond acceptors (Lipinski definition) is 5. The SMILES string of the molecule is C=CCNC(=O)c1cc(Nc2ccc(N(CC)CC)cc2)ncn1. The number of aromatic nitrogens is 2. The molecule has 0 saturated carbocycles. The Bertz CT molecular complexity index is 680. The van der Waals surface area contributed by atoms with Gasteiger partial charge in [-0.1, -0.05) is 6.08 Å². The minimum atomic E-state index is -0.253. The van der Waals surface area contributed by atoms with Gasteiger partial charge < -0.3 is 15.5 Å². The molecule has 0 unspecified atom stereocenters. The van der Waals surface area contributed by atoms with Crippen LogP contribution < -0.4 is 15.5 Å². The molecule has 1 aromatic heterocycles. The van der Waals surface area contributed by atoms with E-state index in [1.807, 2.05) is 12.1 Å². The molecular formula is C18H23N5O. The molecule has 1 heterocycles. The van der Waals surface area contributed by atoms with E-state index in [2.05, 4.69) is 58.1 Å². The Hall–Kier alpha value is -2.89. The first-order valence-electron chi connectivity index (χ1n) is 8.01. The van der Waals surface area contributed by atoms with Gasteiger partial charge in [0, 0.05) is 37.1 Å². The molecule has 0 atom stereocenters. The van der Waals surface area contributed by atoms with Crippen LogP contribution in [0.4, 0.5) is 17.2 Å². The Labute approximate surface area is 142 Å². The van der Waals surface area contributed by atoms with Gasteiger partial charge in [-0.15, -0.1) is 6.58 Å². The van der Waals surface area contributed by atoms with Crippen LogP contribution in [0.2, 0.25) is 0 Å². The molecule has 24 heavy (non-hydrogen) atoms. The minimum Gasteiger partial charge on any atom is -0.372 e. The van der Waals surface area contributed by atoms with Crippen molar-refractivity contribution in [3.05, 3.63) is 55.0 Å². The molecule has 6 nitrogen and oxygen atoms in total. The summed E-state index contributed by atoms with van der Waals surface area (Å²) in [5, 5.41) is 5.88. The summed E-state index contributed by atoms with van der Waals surface area (Å²) in [6, 6.07) is 9.74. The zero-order valence-electron chi connectivity index (χ0n) is 14.1. The lowest BCUT2D eigenvalue weighted by atomic mass is 10.2. The summed E-state index contributed by atoms with van der Waals surface area (Å²) >= 11 is 0. The van der Waals surface area contributed by atoms with Gasteiger partial charge in [-0.2, -0.15) is 0 Å². The Kier molecular flexibility index (Phi) is 6.31. The smallest absolute Gasteiger partial charge is 0.270 e. The topological polar surface area (TPSA) is 70.2 Å². The van der Waals surface area contributed by atoms with E-state index in [4.69, 9.17) is 0 Å². The minimum absolute atomic E-state index is 0.253. The van der Waals surface area contributed by atoms with Gasteiger partial charge in [0.05, 0.1) is 0 Å². The van der Waals surface area contributed by atoms with Crippen molar-refractivity contribution in [3.63, 3.8) is 0 Å². The van der Waals surface area contributed by atoms with Gasteiger partial charge in [-0.25, -0.2) is 9.97 Å². The monoisotopic (exact) mass is 325 g/mol. The largest absolute Gasteiger partial charge is 0.372 e. The summed E-state index contributed by atoms with van der Waals surface area (Å²) in [6.45, 7) is 10.2. The Morgan fingerprint density at radius 2 is 1.92 bits per heavy atom. The van der Waals surface area contributed by atoms with Crippen molar-refractivity contribution in [1.82, 2.24) is 15.3 Å². The van der Waals surface area contributed by atoms with Crippen molar-refractivity contribution in [2.75, 3.05) is 29.9 Å². The molecule has 2 rings (SSSR count). The molecule has 0 spiro atoms. The second-order valence-corrected chi connectivity index (χ2v) is 5.13. The molecule has 0 aliphatic heterocycles. The molecule has 2 aromatic rings. The molecular weight excluding hydrogens is 302 g/mol. The van der Waals surface area contributed by atoms with Gasteiger partial charge in [0.25, 0.3) is 5.91 Å². The second-order valence-electron chi connectivity index (χ2n) is 5.13. The number of nitrogens with zero attached hydrogens (tertiary/aromatic N) is 3. The number of hydrogen-bond donors (Lipinski definition) is 2. The van der Waals surface area contributed by atoms with Crippen LogP contribution in [0, 0.1) is 0 Å². The number of anilines is 3. The normalized spacial score (nSPS) is 10.1. The molecule has 0 aliphatic rings. The third-order valence-corrected chi connectivity index (χ3v) is 3.57. The van der Waals surface area contributed by atoms with Crippen LogP contribution in [0.1, 0.15) is 24.3 Å². The van der Waals surface area contributed by atoms with E-state index < -0.39 is 0 Å². The van der Waals surface area contributed by atoms with E-state index in [9.17, 15) is 4.79 Å². The highest BCUT2D eigenvalue weighted by atomic mass is 16.1. The lowest BCUT2D eigenvalue weighted by Gasteiger charge is -2.21. The molecule has 0 bridgehead atoms. The third-order valence-electron chi connectivity index (χ3n) is 3.57. The van der Waals surface area contributed by atoms with Gasteiger partial charge in [-0.05, 0) is 38.1 Å². The zero-order valence-corrected chi connectivity index (χ0v) is 14.1.